The van der Waals surface area contributed by atoms with Gasteiger partial charge >= 0.3 is 0 Å². The van der Waals surface area contributed by atoms with Crippen LogP contribution >= 0.6 is 0 Å². The van der Waals surface area contributed by atoms with Crippen LogP contribution in [0.25, 0.3) is 5.65 Å². The summed E-state index contributed by atoms with van der Waals surface area (Å²) in [5, 5.41) is 3.37. The minimum absolute atomic E-state index is 0.0734. The number of hydrogen-bond donors (Lipinski definition) is 1. The molecule has 2 aliphatic heterocycles. The molecule has 0 unspecified atom stereocenters. The van der Waals surface area contributed by atoms with Gasteiger partial charge in [0.05, 0.1) is 11.3 Å². The lowest BCUT2D eigenvalue weighted by Crippen LogP contribution is -2.41. The zero-order valence-electron chi connectivity index (χ0n) is 18.5. The van der Waals surface area contributed by atoms with Crippen LogP contribution in [0.15, 0.2) is 10.9 Å². The number of carbonyl (C=O) groups is 1. The van der Waals surface area contributed by atoms with E-state index in [1.165, 1.54) is 25.7 Å². The summed E-state index contributed by atoms with van der Waals surface area (Å²) in [6.07, 6.45) is 8.98. The number of carbonyl (C=O) groups excluding carboxylic acids is 1. The van der Waals surface area contributed by atoms with Crippen molar-refractivity contribution < 1.29 is 4.79 Å². The van der Waals surface area contributed by atoms with Crippen molar-refractivity contribution in [1.29, 1.82) is 0 Å². The van der Waals surface area contributed by atoms with Crippen LogP contribution in [-0.2, 0) is 17.8 Å². The summed E-state index contributed by atoms with van der Waals surface area (Å²) in [6.45, 7) is 5.55. The molecule has 7 nitrogen and oxygen atoms in total. The summed E-state index contributed by atoms with van der Waals surface area (Å²) in [6, 6.07) is 2.70. The molecule has 166 valence electrons. The van der Waals surface area contributed by atoms with E-state index in [1.807, 2.05) is 4.90 Å². The first-order valence-corrected chi connectivity index (χ1v) is 12.2. The smallest absolute Gasteiger partial charge is 0.277 e. The Morgan fingerprint density at radius 2 is 1.87 bits per heavy atom. The Labute approximate surface area is 182 Å². The van der Waals surface area contributed by atoms with Gasteiger partial charge in [-0.25, -0.2) is 9.50 Å². The molecular weight excluding hydrogens is 390 g/mol. The largest absolute Gasteiger partial charge is 0.342 e. The number of hydrogen-bond acceptors (Lipinski definition) is 4. The van der Waals surface area contributed by atoms with Gasteiger partial charge in [-0.3, -0.25) is 19.6 Å². The van der Waals surface area contributed by atoms with E-state index in [0.717, 1.165) is 74.5 Å². The van der Waals surface area contributed by atoms with E-state index in [4.69, 9.17) is 4.98 Å². The minimum atomic E-state index is 0.0734. The third-order valence-electron chi connectivity index (χ3n) is 8.32. The maximum Gasteiger partial charge on any atom is 0.277 e. The number of nitrogens with zero attached hydrogens (tertiary/aromatic N) is 4. The Morgan fingerprint density at radius 1 is 1.13 bits per heavy atom. The van der Waals surface area contributed by atoms with Crippen LogP contribution < -0.4 is 5.56 Å². The fourth-order valence-electron chi connectivity index (χ4n) is 6.12. The van der Waals surface area contributed by atoms with Crippen molar-refractivity contribution in [3.05, 3.63) is 33.4 Å². The highest BCUT2D eigenvalue weighted by Gasteiger charge is 2.42. The molecule has 0 bridgehead atoms. The van der Waals surface area contributed by atoms with Gasteiger partial charge in [0.2, 0.25) is 5.91 Å². The second-order valence-corrected chi connectivity index (χ2v) is 10.3. The number of amides is 1. The molecule has 31 heavy (non-hydrogen) atoms. The zero-order chi connectivity index (χ0) is 21.1. The van der Waals surface area contributed by atoms with Crippen molar-refractivity contribution in [3.63, 3.8) is 0 Å². The standard InChI is InChI=1S/C24H33N5O2/c1-15-12-18(15)23(30)27-9-6-16(7-10-27)21-13-22-25-20-8-11-28(17-4-2-3-5-17)14-19(20)24(31)29(22)26-21/h13,15-18,26H,2-12,14H2,1H3/t15-,18+/m0/s1. The van der Waals surface area contributed by atoms with Crippen molar-refractivity contribution in [1.82, 2.24) is 24.4 Å². The maximum atomic E-state index is 13.3. The van der Waals surface area contributed by atoms with Gasteiger partial charge in [-0.2, -0.15) is 0 Å². The highest BCUT2D eigenvalue weighted by atomic mass is 16.2. The molecule has 1 saturated heterocycles. The van der Waals surface area contributed by atoms with E-state index in [9.17, 15) is 9.59 Å². The van der Waals surface area contributed by atoms with Gasteiger partial charge < -0.3 is 4.90 Å². The Morgan fingerprint density at radius 3 is 2.58 bits per heavy atom. The van der Waals surface area contributed by atoms with Gasteiger partial charge in [0.25, 0.3) is 5.56 Å². The fourth-order valence-corrected chi connectivity index (χ4v) is 6.12. The van der Waals surface area contributed by atoms with Crippen LogP contribution in [0.3, 0.4) is 0 Å². The van der Waals surface area contributed by atoms with Gasteiger partial charge in [0.15, 0.2) is 5.65 Å². The highest BCUT2D eigenvalue weighted by Crippen LogP contribution is 2.40. The van der Waals surface area contributed by atoms with E-state index < -0.39 is 0 Å². The number of H-pyrrole nitrogens is 1. The molecule has 4 aliphatic rings. The average molecular weight is 424 g/mol. The number of nitrogens with one attached hydrogen (secondary N) is 1. The summed E-state index contributed by atoms with van der Waals surface area (Å²) in [7, 11) is 0. The topological polar surface area (TPSA) is 73.7 Å². The second kappa shape index (κ2) is 7.47. The average Bonchev–Trinajstić information content (AvgIpc) is 3.18. The molecule has 2 aliphatic carbocycles. The first-order chi connectivity index (χ1) is 15.1. The summed E-state index contributed by atoms with van der Waals surface area (Å²) in [4.78, 5) is 35.3. The number of aromatic amines is 1. The monoisotopic (exact) mass is 423 g/mol. The molecule has 2 aromatic heterocycles. The van der Waals surface area contributed by atoms with Crippen molar-refractivity contribution in [2.45, 2.75) is 76.8 Å². The Balaban J connectivity index is 1.20. The molecular formula is C24H33N5O2. The zero-order valence-corrected chi connectivity index (χ0v) is 18.5. The number of rotatable bonds is 3. The van der Waals surface area contributed by atoms with Crippen LogP contribution in [0.1, 0.15) is 74.7 Å². The second-order valence-electron chi connectivity index (χ2n) is 10.3. The third kappa shape index (κ3) is 3.41. The van der Waals surface area contributed by atoms with Crippen LogP contribution in [0.5, 0.6) is 0 Å². The van der Waals surface area contributed by atoms with E-state index >= 15 is 0 Å². The first-order valence-electron chi connectivity index (χ1n) is 12.2. The van der Waals surface area contributed by atoms with Gasteiger partial charge in [-0.05, 0) is 38.0 Å². The Hall–Kier alpha value is -2.15. The predicted octanol–water partition coefficient (Wildman–Crippen LogP) is 2.69. The van der Waals surface area contributed by atoms with E-state index in [1.54, 1.807) is 4.52 Å². The highest BCUT2D eigenvalue weighted by molar-refractivity contribution is 5.81. The van der Waals surface area contributed by atoms with Crippen molar-refractivity contribution in [2.24, 2.45) is 11.8 Å². The Bertz CT molecular complexity index is 1060. The molecule has 2 saturated carbocycles. The summed E-state index contributed by atoms with van der Waals surface area (Å²) in [5.41, 5.74) is 3.78. The van der Waals surface area contributed by atoms with Crippen molar-refractivity contribution in [2.75, 3.05) is 19.6 Å². The third-order valence-corrected chi connectivity index (χ3v) is 8.32. The van der Waals surface area contributed by atoms with Crippen LogP contribution in [0.2, 0.25) is 0 Å². The lowest BCUT2D eigenvalue weighted by Gasteiger charge is -2.32. The quantitative estimate of drug-likeness (QED) is 0.824. The molecule has 0 aromatic carbocycles. The fraction of sp³-hybridized carbons (Fsp3) is 0.708. The molecule has 3 fully saturated rings. The number of likely N-dealkylation sites (tertiary alicyclic amines) is 1. The van der Waals surface area contributed by atoms with Gasteiger partial charge in [0, 0.05) is 62.2 Å². The van der Waals surface area contributed by atoms with Gasteiger partial charge in [-0.15, -0.1) is 0 Å². The summed E-state index contributed by atoms with van der Waals surface area (Å²) in [5.74, 6) is 1.53. The molecule has 4 heterocycles. The van der Waals surface area contributed by atoms with Gasteiger partial charge in [-0.1, -0.05) is 19.8 Å². The van der Waals surface area contributed by atoms with Gasteiger partial charge in [0.1, 0.15) is 0 Å². The molecule has 6 rings (SSSR count). The lowest BCUT2D eigenvalue weighted by atomic mass is 9.93. The predicted molar refractivity (Wildman–Crippen MR) is 118 cm³/mol. The van der Waals surface area contributed by atoms with Crippen LogP contribution in [-0.4, -0.2) is 56.0 Å². The number of piperidine rings is 1. The molecule has 0 radical (unpaired) electrons. The molecule has 0 spiro atoms. The molecule has 1 amide bonds. The summed E-state index contributed by atoms with van der Waals surface area (Å²) >= 11 is 0. The first kappa shape index (κ1) is 19.5. The SMILES string of the molecule is C[C@H]1C[C@H]1C(=O)N1CCC(c2cc3nc4c(c(=O)n3[nH]2)CN(C2CCCC2)CC4)CC1. The molecule has 1 N–H and O–H groups in total. The molecule has 2 aromatic rings. The Kier molecular flexibility index (Phi) is 4.70. The van der Waals surface area contributed by atoms with Crippen LogP contribution in [0.4, 0.5) is 0 Å². The van der Waals surface area contributed by atoms with Crippen molar-refractivity contribution >= 4 is 11.6 Å². The summed E-state index contributed by atoms with van der Waals surface area (Å²) < 4.78 is 1.66. The van der Waals surface area contributed by atoms with Crippen molar-refractivity contribution in [3.8, 4) is 0 Å². The van der Waals surface area contributed by atoms with Crippen LogP contribution in [0, 0.1) is 11.8 Å². The maximum absolute atomic E-state index is 13.3. The lowest BCUT2D eigenvalue weighted by molar-refractivity contribution is -0.133. The van der Waals surface area contributed by atoms with E-state index in [-0.39, 0.29) is 11.5 Å². The number of aromatic nitrogens is 3. The normalized spacial score (nSPS) is 27.7. The molecule has 7 heteroatoms. The number of fused-ring (bicyclic) bond motifs is 2. The van der Waals surface area contributed by atoms with E-state index in [0.29, 0.717) is 23.8 Å². The van der Waals surface area contributed by atoms with E-state index in [2.05, 4.69) is 23.0 Å². The molecule has 2 atom stereocenters. The minimum Gasteiger partial charge on any atom is -0.342 e.